The molecule has 0 atom stereocenters. The van der Waals surface area contributed by atoms with Crippen LogP contribution in [0, 0.1) is 0 Å². The Morgan fingerprint density at radius 3 is 2.89 bits per heavy atom. The molecule has 18 heavy (non-hydrogen) atoms. The van der Waals surface area contributed by atoms with E-state index in [1.54, 1.807) is 13.1 Å². The van der Waals surface area contributed by atoms with Crippen LogP contribution in [0.1, 0.15) is 10.4 Å². The number of benzene rings is 1. The van der Waals surface area contributed by atoms with Gasteiger partial charge < -0.3 is 19.5 Å². The van der Waals surface area contributed by atoms with Crippen molar-refractivity contribution in [3.05, 3.63) is 16.1 Å². The number of Topliss-reactive ketones (excluding diaryl/α,β-unsaturated/α-hetero) is 1. The van der Waals surface area contributed by atoms with Crippen LogP contribution in [0.3, 0.4) is 0 Å². The van der Waals surface area contributed by atoms with Gasteiger partial charge in [-0.15, -0.1) is 0 Å². The fourth-order valence-electron chi connectivity index (χ4n) is 1.84. The Bertz CT molecular complexity index is 476. The first kappa shape index (κ1) is 13.2. The molecule has 2 rings (SSSR count). The summed E-state index contributed by atoms with van der Waals surface area (Å²) in [4.78, 5) is 12.1. The van der Waals surface area contributed by atoms with E-state index in [2.05, 4.69) is 21.2 Å². The van der Waals surface area contributed by atoms with E-state index < -0.39 is 0 Å². The van der Waals surface area contributed by atoms with Crippen LogP contribution in [-0.4, -0.2) is 39.7 Å². The van der Waals surface area contributed by atoms with Crippen LogP contribution in [0.4, 0.5) is 0 Å². The van der Waals surface area contributed by atoms with Crippen molar-refractivity contribution in [1.82, 2.24) is 5.32 Å². The van der Waals surface area contributed by atoms with Gasteiger partial charge in [-0.25, -0.2) is 0 Å². The van der Waals surface area contributed by atoms with Crippen LogP contribution >= 0.6 is 15.9 Å². The Morgan fingerprint density at radius 1 is 1.50 bits per heavy atom. The molecule has 0 aromatic heterocycles. The van der Waals surface area contributed by atoms with Gasteiger partial charge in [0.15, 0.2) is 17.3 Å². The Balaban J connectivity index is 2.58. The van der Waals surface area contributed by atoms with Gasteiger partial charge >= 0.3 is 0 Å². The minimum Gasteiger partial charge on any atom is -0.495 e. The van der Waals surface area contributed by atoms with Crippen LogP contribution in [0.5, 0.6) is 17.2 Å². The Labute approximate surface area is 114 Å². The molecule has 0 unspecified atom stereocenters. The second-order valence-corrected chi connectivity index (χ2v) is 4.60. The summed E-state index contributed by atoms with van der Waals surface area (Å²) in [5.41, 5.74) is 0.413. The van der Waals surface area contributed by atoms with Gasteiger partial charge in [0.2, 0.25) is 0 Å². The molecule has 1 aliphatic heterocycles. The average molecular weight is 316 g/mol. The number of nitrogens with one attached hydrogen (secondary N) is 1. The minimum atomic E-state index is -0.0996. The smallest absolute Gasteiger partial charge is 0.184 e. The Hall–Kier alpha value is -1.27. The number of ether oxygens (including phenoxy) is 3. The summed E-state index contributed by atoms with van der Waals surface area (Å²) in [7, 11) is 3.23. The Kier molecular flexibility index (Phi) is 4.08. The fraction of sp³-hybridized carbons (Fsp3) is 0.417. The van der Waals surface area contributed by atoms with Crippen LogP contribution in [0.25, 0.3) is 0 Å². The fourth-order valence-corrected chi connectivity index (χ4v) is 2.41. The SMILES string of the molecule is CNCC(=O)c1c(OC)c(Br)cc2c1OCCO2. The number of halogens is 1. The molecular weight excluding hydrogens is 302 g/mol. The predicted molar refractivity (Wildman–Crippen MR) is 69.9 cm³/mol. The van der Waals surface area contributed by atoms with Gasteiger partial charge in [0.25, 0.3) is 0 Å². The maximum atomic E-state index is 12.1. The number of likely N-dealkylation sites (N-methyl/N-ethyl adjacent to an activating group) is 1. The number of hydrogen-bond acceptors (Lipinski definition) is 5. The molecule has 1 aromatic carbocycles. The van der Waals surface area contributed by atoms with Crippen molar-refractivity contribution >= 4 is 21.7 Å². The largest absolute Gasteiger partial charge is 0.495 e. The van der Waals surface area contributed by atoms with Crippen LogP contribution < -0.4 is 19.5 Å². The molecule has 98 valence electrons. The van der Waals surface area contributed by atoms with E-state index in [0.717, 1.165) is 0 Å². The predicted octanol–water partition coefficient (Wildman–Crippen LogP) is 1.63. The number of ketones is 1. The lowest BCUT2D eigenvalue weighted by atomic mass is 10.1. The molecule has 0 radical (unpaired) electrons. The number of rotatable bonds is 4. The summed E-state index contributed by atoms with van der Waals surface area (Å²) in [6, 6.07) is 1.75. The summed E-state index contributed by atoms with van der Waals surface area (Å²) < 4.78 is 17.0. The summed E-state index contributed by atoms with van der Waals surface area (Å²) in [6.45, 7) is 1.12. The quantitative estimate of drug-likeness (QED) is 0.856. The van der Waals surface area contributed by atoms with Crippen LogP contribution in [-0.2, 0) is 0 Å². The third kappa shape index (κ3) is 2.30. The first-order chi connectivity index (χ1) is 8.69. The number of carbonyl (C=O) groups excluding carboxylic acids is 1. The molecule has 0 fully saturated rings. The monoisotopic (exact) mass is 315 g/mol. The van der Waals surface area contributed by atoms with Gasteiger partial charge in [-0.3, -0.25) is 4.79 Å². The van der Waals surface area contributed by atoms with Crippen LogP contribution in [0.2, 0.25) is 0 Å². The zero-order valence-electron chi connectivity index (χ0n) is 10.2. The lowest BCUT2D eigenvalue weighted by Crippen LogP contribution is -2.23. The van der Waals surface area contributed by atoms with E-state index in [9.17, 15) is 4.79 Å². The molecular formula is C12H14BrNO4. The van der Waals surface area contributed by atoms with E-state index in [1.807, 2.05) is 0 Å². The summed E-state index contributed by atoms with van der Waals surface area (Å²) >= 11 is 3.37. The molecule has 5 nitrogen and oxygen atoms in total. The van der Waals surface area contributed by atoms with Gasteiger partial charge in [-0.1, -0.05) is 0 Å². The minimum absolute atomic E-state index is 0.0996. The third-order valence-corrected chi connectivity index (χ3v) is 3.15. The van der Waals surface area contributed by atoms with Crippen molar-refractivity contribution in [2.75, 3.05) is 33.9 Å². The average Bonchev–Trinajstić information content (AvgIpc) is 2.37. The number of fused-ring (bicyclic) bond motifs is 1. The molecule has 0 spiro atoms. The summed E-state index contributed by atoms with van der Waals surface area (Å²) in [5, 5.41) is 2.83. The summed E-state index contributed by atoms with van der Waals surface area (Å²) in [6.07, 6.45) is 0. The molecule has 0 amide bonds. The van der Waals surface area contributed by atoms with E-state index >= 15 is 0 Å². The number of carbonyl (C=O) groups is 1. The van der Waals surface area contributed by atoms with E-state index in [0.29, 0.717) is 40.5 Å². The number of hydrogen-bond donors (Lipinski definition) is 1. The first-order valence-corrected chi connectivity index (χ1v) is 6.32. The molecule has 0 saturated heterocycles. The normalized spacial score (nSPS) is 13.3. The summed E-state index contributed by atoms with van der Waals surface area (Å²) in [5.74, 6) is 1.40. The topological polar surface area (TPSA) is 56.8 Å². The van der Waals surface area contributed by atoms with Gasteiger partial charge in [-0.2, -0.15) is 0 Å². The van der Waals surface area contributed by atoms with Crippen molar-refractivity contribution < 1.29 is 19.0 Å². The molecule has 6 heteroatoms. The zero-order valence-corrected chi connectivity index (χ0v) is 11.8. The second kappa shape index (κ2) is 5.58. The van der Waals surface area contributed by atoms with Gasteiger partial charge in [-0.05, 0) is 23.0 Å². The van der Waals surface area contributed by atoms with Gasteiger partial charge in [0, 0.05) is 6.07 Å². The van der Waals surface area contributed by atoms with Crippen molar-refractivity contribution in [2.24, 2.45) is 0 Å². The molecule has 1 aromatic rings. The molecule has 0 saturated carbocycles. The van der Waals surface area contributed by atoms with Crippen molar-refractivity contribution in [3.8, 4) is 17.2 Å². The highest BCUT2D eigenvalue weighted by Gasteiger charge is 2.27. The van der Waals surface area contributed by atoms with Crippen molar-refractivity contribution in [2.45, 2.75) is 0 Å². The molecule has 1 aliphatic rings. The first-order valence-electron chi connectivity index (χ1n) is 5.53. The van der Waals surface area contributed by atoms with E-state index in [4.69, 9.17) is 14.2 Å². The van der Waals surface area contributed by atoms with E-state index in [-0.39, 0.29) is 12.3 Å². The van der Waals surface area contributed by atoms with Crippen molar-refractivity contribution in [1.29, 1.82) is 0 Å². The maximum Gasteiger partial charge on any atom is 0.184 e. The zero-order chi connectivity index (χ0) is 13.1. The molecule has 0 aliphatic carbocycles. The highest BCUT2D eigenvalue weighted by atomic mass is 79.9. The molecule has 1 heterocycles. The van der Waals surface area contributed by atoms with E-state index in [1.165, 1.54) is 7.11 Å². The van der Waals surface area contributed by atoms with Crippen LogP contribution in [0.15, 0.2) is 10.5 Å². The standard InChI is InChI=1S/C12H14BrNO4/c1-14-6-8(15)10-11(16-2)7(13)5-9-12(10)18-4-3-17-9/h5,14H,3-4,6H2,1-2H3. The second-order valence-electron chi connectivity index (χ2n) is 3.74. The molecule has 1 N–H and O–H groups in total. The lowest BCUT2D eigenvalue weighted by Gasteiger charge is -2.23. The molecule has 0 bridgehead atoms. The highest BCUT2D eigenvalue weighted by Crippen LogP contribution is 2.44. The number of methoxy groups -OCH3 is 1. The van der Waals surface area contributed by atoms with Gasteiger partial charge in [0.05, 0.1) is 18.1 Å². The lowest BCUT2D eigenvalue weighted by molar-refractivity contribution is 0.0978. The Morgan fingerprint density at radius 2 is 2.22 bits per heavy atom. The van der Waals surface area contributed by atoms with Gasteiger partial charge in [0.1, 0.15) is 24.5 Å². The highest BCUT2D eigenvalue weighted by molar-refractivity contribution is 9.10. The third-order valence-electron chi connectivity index (χ3n) is 2.56. The maximum absolute atomic E-state index is 12.1. The van der Waals surface area contributed by atoms with Crippen molar-refractivity contribution in [3.63, 3.8) is 0 Å².